The summed E-state index contributed by atoms with van der Waals surface area (Å²) in [6, 6.07) is 6.77. The van der Waals surface area contributed by atoms with E-state index in [-0.39, 0.29) is 11.9 Å². The second-order valence-corrected chi connectivity index (χ2v) is 5.80. The van der Waals surface area contributed by atoms with Crippen LogP contribution in [0.1, 0.15) is 50.7 Å². The average Bonchev–Trinajstić information content (AvgIpc) is 2.47. The number of ether oxygens (including phenoxy) is 1. The van der Waals surface area contributed by atoms with Crippen molar-refractivity contribution >= 4 is 0 Å². The Labute approximate surface area is 121 Å². The van der Waals surface area contributed by atoms with Crippen LogP contribution in [-0.2, 0) is 4.74 Å². The largest absolute Gasteiger partial charge is 0.369 e. The van der Waals surface area contributed by atoms with Crippen LogP contribution >= 0.6 is 0 Å². The van der Waals surface area contributed by atoms with Crippen molar-refractivity contribution in [3.8, 4) is 0 Å². The zero-order valence-electron chi connectivity index (χ0n) is 12.6. The normalized spacial score (nSPS) is 24.6. The molecule has 1 aliphatic rings. The maximum atomic E-state index is 13.4. The van der Waals surface area contributed by atoms with Crippen LogP contribution in [0.15, 0.2) is 24.3 Å². The van der Waals surface area contributed by atoms with E-state index in [1.807, 2.05) is 13.1 Å². The van der Waals surface area contributed by atoms with Gasteiger partial charge in [-0.2, -0.15) is 0 Å². The first kappa shape index (κ1) is 15.5. The van der Waals surface area contributed by atoms with E-state index in [1.165, 1.54) is 25.3 Å². The minimum atomic E-state index is -0.192. The van der Waals surface area contributed by atoms with Crippen molar-refractivity contribution in [1.29, 1.82) is 0 Å². The second kappa shape index (κ2) is 7.75. The molecule has 20 heavy (non-hydrogen) atoms. The predicted molar refractivity (Wildman–Crippen MR) is 80.2 cm³/mol. The lowest BCUT2D eigenvalue weighted by Gasteiger charge is -2.32. The van der Waals surface area contributed by atoms with Crippen LogP contribution in [0.25, 0.3) is 0 Å². The number of hydrogen-bond donors (Lipinski definition) is 1. The van der Waals surface area contributed by atoms with Crippen molar-refractivity contribution in [3.63, 3.8) is 0 Å². The molecular weight excluding hydrogens is 253 g/mol. The fourth-order valence-electron chi connectivity index (χ4n) is 3.11. The van der Waals surface area contributed by atoms with Crippen LogP contribution in [0.3, 0.4) is 0 Å². The molecule has 1 saturated carbocycles. The molecule has 1 aromatic rings. The number of benzene rings is 1. The van der Waals surface area contributed by atoms with Crippen LogP contribution in [-0.4, -0.2) is 19.7 Å². The maximum Gasteiger partial charge on any atom is 0.123 e. The molecular formula is C17H26FNO. The van der Waals surface area contributed by atoms with Gasteiger partial charge in [-0.3, -0.25) is 0 Å². The van der Waals surface area contributed by atoms with Crippen molar-refractivity contribution in [2.75, 3.05) is 13.6 Å². The summed E-state index contributed by atoms with van der Waals surface area (Å²) < 4.78 is 19.7. The van der Waals surface area contributed by atoms with Gasteiger partial charge in [0.05, 0.1) is 12.2 Å². The van der Waals surface area contributed by atoms with E-state index in [1.54, 1.807) is 12.1 Å². The monoisotopic (exact) mass is 279 g/mol. The fraction of sp³-hybridized carbons (Fsp3) is 0.647. The lowest BCUT2D eigenvalue weighted by Crippen LogP contribution is -2.28. The first-order chi connectivity index (χ1) is 9.72. The fourth-order valence-corrected chi connectivity index (χ4v) is 3.11. The third-order valence-electron chi connectivity index (χ3n) is 4.28. The molecule has 3 unspecified atom stereocenters. The summed E-state index contributed by atoms with van der Waals surface area (Å²) in [6.07, 6.45) is 6.34. The Balaban J connectivity index is 2.01. The van der Waals surface area contributed by atoms with Crippen LogP contribution in [0.2, 0.25) is 0 Å². The highest BCUT2D eigenvalue weighted by atomic mass is 19.1. The topological polar surface area (TPSA) is 21.3 Å². The van der Waals surface area contributed by atoms with E-state index in [0.717, 1.165) is 30.9 Å². The summed E-state index contributed by atoms with van der Waals surface area (Å²) in [7, 11) is 1.91. The van der Waals surface area contributed by atoms with Crippen molar-refractivity contribution < 1.29 is 9.13 Å². The van der Waals surface area contributed by atoms with E-state index in [9.17, 15) is 4.39 Å². The Morgan fingerprint density at radius 3 is 2.95 bits per heavy atom. The van der Waals surface area contributed by atoms with E-state index >= 15 is 0 Å². The average molecular weight is 279 g/mol. The van der Waals surface area contributed by atoms with Crippen LogP contribution < -0.4 is 5.32 Å². The molecule has 2 rings (SSSR count). The molecule has 3 heteroatoms. The third-order valence-corrected chi connectivity index (χ3v) is 4.28. The van der Waals surface area contributed by atoms with E-state index < -0.39 is 0 Å². The lowest BCUT2D eigenvalue weighted by molar-refractivity contribution is -0.0409. The quantitative estimate of drug-likeness (QED) is 0.847. The first-order valence-electron chi connectivity index (χ1n) is 7.78. The van der Waals surface area contributed by atoms with Gasteiger partial charge in [0.1, 0.15) is 5.82 Å². The molecule has 2 nitrogen and oxygen atoms in total. The maximum absolute atomic E-state index is 13.4. The summed E-state index contributed by atoms with van der Waals surface area (Å²) in [5.74, 6) is 0.596. The first-order valence-corrected chi connectivity index (χ1v) is 7.78. The summed E-state index contributed by atoms with van der Waals surface area (Å²) >= 11 is 0. The molecule has 1 aliphatic carbocycles. The molecule has 1 aromatic carbocycles. The molecule has 0 bridgehead atoms. The zero-order valence-corrected chi connectivity index (χ0v) is 12.6. The molecule has 0 aromatic heterocycles. The minimum Gasteiger partial charge on any atom is -0.369 e. The van der Waals surface area contributed by atoms with Gasteiger partial charge in [-0.15, -0.1) is 0 Å². The molecule has 0 heterocycles. The van der Waals surface area contributed by atoms with Crippen molar-refractivity contribution in [1.82, 2.24) is 5.32 Å². The summed E-state index contributed by atoms with van der Waals surface area (Å²) in [5, 5.41) is 3.15. The molecule has 1 N–H and O–H groups in total. The SMILES string of the molecule is CCC1CCCC(OC(CNC)c2cccc(F)c2)C1. The number of rotatable bonds is 6. The van der Waals surface area contributed by atoms with Gasteiger partial charge in [0.25, 0.3) is 0 Å². The molecule has 0 aliphatic heterocycles. The van der Waals surface area contributed by atoms with Crippen molar-refractivity contribution in [2.45, 2.75) is 51.2 Å². The number of hydrogen-bond acceptors (Lipinski definition) is 2. The van der Waals surface area contributed by atoms with Crippen LogP contribution in [0, 0.1) is 11.7 Å². The predicted octanol–water partition coefficient (Wildman–Crippen LogP) is 4.07. The standard InChI is InChI=1S/C17H26FNO/c1-3-13-6-4-9-16(10-13)20-17(12-19-2)14-7-5-8-15(18)11-14/h5,7-8,11,13,16-17,19H,3-4,6,9-10,12H2,1-2H3. The minimum absolute atomic E-state index is 0.0590. The Morgan fingerprint density at radius 2 is 2.25 bits per heavy atom. The Kier molecular flexibility index (Phi) is 5.99. The van der Waals surface area contributed by atoms with Gasteiger partial charge < -0.3 is 10.1 Å². The van der Waals surface area contributed by atoms with Gasteiger partial charge in [0.2, 0.25) is 0 Å². The zero-order chi connectivity index (χ0) is 14.4. The smallest absolute Gasteiger partial charge is 0.123 e. The van der Waals surface area contributed by atoms with Gasteiger partial charge in [-0.1, -0.05) is 38.3 Å². The van der Waals surface area contributed by atoms with Crippen LogP contribution in [0.5, 0.6) is 0 Å². The highest BCUT2D eigenvalue weighted by Gasteiger charge is 2.24. The highest BCUT2D eigenvalue weighted by molar-refractivity contribution is 5.19. The molecule has 3 atom stereocenters. The van der Waals surface area contributed by atoms with Gasteiger partial charge >= 0.3 is 0 Å². The molecule has 0 radical (unpaired) electrons. The third kappa shape index (κ3) is 4.29. The number of nitrogens with one attached hydrogen (secondary N) is 1. The highest BCUT2D eigenvalue weighted by Crippen LogP contribution is 2.31. The number of halogens is 1. The van der Waals surface area contributed by atoms with E-state index in [4.69, 9.17) is 4.74 Å². The summed E-state index contributed by atoms with van der Waals surface area (Å²) in [6.45, 7) is 2.97. The van der Waals surface area contributed by atoms with Gasteiger partial charge in [0, 0.05) is 6.54 Å². The Morgan fingerprint density at radius 1 is 1.40 bits per heavy atom. The molecule has 0 saturated heterocycles. The molecule has 112 valence electrons. The molecule has 0 amide bonds. The van der Waals surface area contributed by atoms with Gasteiger partial charge in [0.15, 0.2) is 0 Å². The Bertz CT molecular complexity index is 410. The van der Waals surface area contributed by atoms with Crippen molar-refractivity contribution in [3.05, 3.63) is 35.6 Å². The summed E-state index contributed by atoms with van der Waals surface area (Å²) in [4.78, 5) is 0. The van der Waals surface area contributed by atoms with E-state index in [0.29, 0.717) is 6.10 Å². The Hall–Kier alpha value is -0.930. The lowest BCUT2D eigenvalue weighted by atomic mass is 9.85. The van der Waals surface area contributed by atoms with Gasteiger partial charge in [-0.05, 0) is 43.5 Å². The van der Waals surface area contributed by atoms with Gasteiger partial charge in [-0.25, -0.2) is 4.39 Å². The van der Waals surface area contributed by atoms with Crippen molar-refractivity contribution in [2.24, 2.45) is 5.92 Å². The van der Waals surface area contributed by atoms with Crippen LogP contribution in [0.4, 0.5) is 4.39 Å². The molecule has 1 fully saturated rings. The van der Waals surface area contributed by atoms with E-state index in [2.05, 4.69) is 12.2 Å². The molecule has 0 spiro atoms. The second-order valence-electron chi connectivity index (χ2n) is 5.80. The summed E-state index contributed by atoms with van der Waals surface area (Å²) in [5.41, 5.74) is 0.929. The number of likely N-dealkylation sites (N-methyl/N-ethyl adjacent to an activating group) is 1.